The molecule has 0 atom stereocenters. The van der Waals surface area contributed by atoms with Gasteiger partial charge in [-0.2, -0.15) is 0 Å². The van der Waals surface area contributed by atoms with Crippen LogP contribution in [0.2, 0.25) is 0 Å². The minimum absolute atomic E-state index is 0. The van der Waals surface area contributed by atoms with E-state index in [1.54, 1.807) is 14.2 Å². The summed E-state index contributed by atoms with van der Waals surface area (Å²) in [6.45, 7) is 3.82. The lowest BCUT2D eigenvalue weighted by Gasteiger charge is -2.12. The number of benzene rings is 1. The van der Waals surface area contributed by atoms with Crippen LogP contribution in [0.3, 0.4) is 0 Å². The Labute approximate surface area is 97.2 Å². The maximum absolute atomic E-state index is 5.30. The van der Waals surface area contributed by atoms with Gasteiger partial charge in [-0.3, -0.25) is 0 Å². The summed E-state index contributed by atoms with van der Waals surface area (Å²) in [6, 6.07) is 5.90. The molecule has 1 N–H and O–H groups in total. The van der Waals surface area contributed by atoms with Crippen molar-refractivity contribution < 1.29 is 21.9 Å². The molecule has 0 aliphatic carbocycles. The van der Waals surface area contributed by atoms with E-state index < -0.39 is 0 Å². The van der Waals surface area contributed by atoms with Gasteiger partial charge >= 0.3 is 0 Å². The first-order valence-corrected chi connectivity index (χ1v) is 4.74. The summed E-state index contributed by atoms with van der Waals surface area (Å²) in [4.78, 5) is 0. The lowest BCUT2D eigenvalue weighted by Crippen LogP contribution is -3.00. The second-order valence-electron chi connectivity index (χ2n) is 2.93. The zero-order chi connectivity index (χ0) is 10.4. The number of halogens is 1. The van der Waals surface area contributed by atoms with Gasteiger partial charge in [0, 0.05) is 12.1 Å². The molecular formula is C11H17ClNO2-. The third kappa shape index (κ3) is 3.61. The smallest absolute Gasteiger partial charge is 0.165 e. The Kier molecular flexibility index (Phi) is 6.92. The largest absolute Gasteiger partial charge is 1.00 e. The minimum atomic E-state index is 0. The SMILES string of the molecule is CCNCc1cccc(OC)c1OC.[Cl-]. The Morgan fingerprint density at radius 1 is 1.20 bits per heavy atom. The summed E-state index contributed by atoms with van der Waals surface area (Å²) >= 11 is 0. The van der Waals surface area contributed by atoms with Crippen molar-refractivity contribution in [2.45, 2.75) is 13.5 Å². The van der Waals surface area contributed by atoms with Crippen LogP contribution in [-0.2, 0) is 6.54 Å². The molecule has 1 aromatic rings. The average Bonchev–Trinajstić information content (AvgIpc) is 2.25. The molecule has 0 unspecified atom stereocenters. The Morgan fingerprint density at radius 3 is 2.47 bits per heavy atom. The molecule has 0 radical (unpaired) electrons. The van der Waals surface area contributed by atoms with Crippen LogP contribution in [0.5, 0.6) is 11.5 Å². The number of hydrogen-bond donors (Lipinski definition) is 1. The molecule has 0 heterocycles. The van der Waals surface area contributed by atoms with E-state index in [0.717, 1.165) is 30.2 Å². The zero-order valence-corrected chi connectivity index (χ0v) is 10.1. The van der Waals surface area contributed by atoms with Crippen LogP contribution in [0.1, 0.15) is 12.5 Å². The van der Waals surface area contributed by atoms with Gasteiger partial charge < -0.3 is 27.2 Å². The highest BCUT2D eigenvalue weighted by Crippen LogP contribution is 2.30. The van der Waals surface area contributed by atoms with Crippen molar-refractivity contribution in [3.05, 3.63) is 23.8 Å². The van der Waals surface area contributed by atoms with Gasteiger partial charge in [0.15, 0.2) is 11.5 Å². The summed E-state index contributed by atoms with van der Waals surface area (Å²) < 4.78 is 10.5. The monoisotopic (exact) mass is 230 g/mol. The van der Waals surface area contributed by atoms with E-state index in [-0.39, 0.29) is 12.4 Å². The van der Waals surface area contributed by atoms with Gasteiger partial charge in [0.1, 0.15) is 0 Å². The highest BCUT2D eigenvalue weighted by molar-refractivity contribution is 5.46. The van der Waals surface area contributed by atoms with Crippen LogP contribution < -0.4 is 27.2 Å². The fraction of sp³-hybridized carbons (Fsp3) is 0.455. The summed E-state index contributed by atoms with van der Waals surface area (Å²) in [5.74, 6) is 1.60. The molecule has 0 saturated heterocycles. The van der Waals surface area contributed by atoms with E-state index >= 15 is 0 Å². The Bertz CT molecular complexity index is 292. The van der Waals surface area contributed by atoms with Gasteiger partial charge in [-0.25, -0.2) is 0 Å². The van der Waals surface area contributed by atoms with Crippen LogP contribution in [-0.4, -0.2) is 20.8 Å². The van der Waals surface area contributed by atoms with Crippen molar-refractivity contribution in [3.8, 4) is 11.5 Å². The molecule has 0 fully saturated rings. The topological polar surface area (TPSA) is 30.5 Å². The average molecular weight is 231 g/mol. The zero-order valence-electron chi connectivity index (χ0n) is 9.34. The predicted octanol–water partition coefficient (Wildman–Crippen LogP) is -1.18. The Balaban J connectivity index is 0.00000196. The molecule has 0 aromatic heterocycles. The number of nitrogens with one attached hydrogen (secondary N) is 1. The summed E-state index contributed by atoms with van der Waals surface area (Å²) in [7, 11) is 3.31. The molecule has 0 saturated carbocycles. The first kappa shape index (κ1) is 14.1. The van der Waals surface area contributed by atoms with E-state index in [2.05, 4.69) is 12.2 Å². The van der Waals surface area contributed by atoms with Gasteiger partial charge in [-0.1, -0.05) is 19.1 Å². The van der Waals surface area contributed by atoms with Gasteiger partial charge in [0.2, 0.25) is 0 Å². The first-order chi connectivity index (χ1) is 6.83. The molecule has 0 aliphatic heterocycles. The van der Waals surface area contributed by atoms with Crippen LogP contribution in [0, 0.1) is 0 Å². The molecule has 86 valence electrons. The molecule has 3 nitrogen and oxygen atoms in total. The van der Waals surface area contributed by atoms with Gasteiger partial charge in [0.05, 0.1) is 14.2 Å². The summed E-state index contributed by atoms with van der Waals surface area (Å²) in [6.07, 6.45) is 0. The lowest BCUT2D eigenvalue weighted by atomic mass is 10.2. The minimum Gasteiger partial charge on any atom is -1.00 e. The lowest BCUT2D eigenvalue weighted by molar-refractivity contribution is -0.00000352. The third-order valence-corrected chi connectivity index (χ3v) is 2.05. The van der Waals surface area contributed by atoms with Gasteiger partial charge in [-0.15, -0.1) is 0 Å². The Morgan fingerprint density at radius 2 is 1.93 bits per heavy atom. The molecule has 1 rings (SSSR count). The van der Waals surface area contributed by atoms with Crippen molar-refractivity contribution in [3.63, 3.8) is 0 Å². The Hall–Kier alpha value is -0.930. The van der Waals surface area contributed by atoms with E-state index in [1.165, 1.54) is 0 Å². The van der Waals surface area contributed by atoms with Crippen molar-refractivity contribution in [2.75, 3.05) is 20.8 Å². The quantitative estimate of drug-likeness (QED) is 0.691. The van der Waals surface area contributed by atoms with E-state index in [9.17, 15) is 0 Å². The first-order valence-electron chi connectivity index (χ1n) is 4.74. The molecule has 0 spiro atoms. The van der Waals surface area contributed by atoms with E-state index in [1.807, 2.05) is 18.2 Å². The standard InChI is InChI=1S/C11H17NO2.ClH/c1-4-12-8-9-6-5-7-10(13-2)11(9)14-3;/h5-7,12H,4,8H2,1-3H3;1H/p-1. The number of methoxy groups -OCH3 is 2. The maximum atomic E-state index is 5.30. The molecule has 4 heteroatoms. The molecule has 15 heavy (non-hydrogen) atoms. The third-order valence-electron chi connectivity index (χ3n) is 2.05. The van der Waals surface area contributed by atoms with Crippen molar-refractivity contribution in [1.82, 2.24) is 5.32 Å². The molecule has 1 aromatic carbocycles. The van der Waals surface area contributed by atoms with Crippen molar-refractivity contribution in [2.24, 2.45) is 0 Å². The number of para-hydroxylation sites is 1. The summed E-state index contributed by atoms with van der Waals surface area (Å²) in [5, 5.41) is 3.26. The number of ether oxygens (including phenoxy) is 2. The van der Waals surface area contributed by atoms with E-state index in [0.29, 0.717) is 0 Å². The molecule has 0 aliphatic rings. The number of rotatable bonds is 5. The second-order valence-corrected chi connectivity index (χ2v) is 2.93. The van der Waals surface area contributed by atoms with Gasteiger partial charge in [-0.05, 0) is 12.6 Å². The predicted molar refractivity (Wildman–Crippen MR) is 56.9 cm³/mol. The second kappa shape index (κ2) is 7.37. The summed E-state index contributed by atoms with van der Waals surface area (Å²) in [5.41, 5.74) is 1.12. The maximum Gasteiger partial charge on any atom is 0.165 e. The van der Waals surface area contributed by atoms with Crippen LogP contribution in [0.25, 0.3) is 0 Å². The molecule has 0 bridgehead atoms. The molecular weight excluding hydrogens is 214 g/mol. The highest BCUT2D eigenvalue weighted by atomic mass is 35.5. The normalized spacial score (nSPS) is 9.27. The fourth-order valence-electron chi connectivity index (χ4n) is 1.35. The molecule has 0 amide bonds. The van der Waals surface area contributed by atoms with Crippen molar-refractivity contribution in [1.29, 1.82) is 0 Å². The van der Waals surface area contributed by atoms with Crippen LogP contribution in [0.15, 0.2) is 18.2 Å². The highest BCUT2D eigenvalue weighted by Gasteiger charge is 2.07. The van der Waals surface area contributed by atoms with Crippen molar-refractivity contribution >= 4 is 0 Å². The fourth-order valence-corrected chi connectivity index (χ4v) is 1.35. The van der Waals surface area contributed by atoms with Crippen LogP contribution in [0.4, 0.5) is 0 Å². The van der Waals surface area contributed by atoms with Gasteiger partial charge in [0.25, 0.3) is 0 Å². The number of hydrogen-bond acceptors (Lipinski definition) is 3. The van der Waals surface area contributed by atoms with E-state index in [4.69, 9.17) is 9.47 Å². The van der Waals surface area contributed by atoms with Crippen LogP contribution >= 0.6 is 0 Å².